The Morgan fingerprint density at radius 3 is 0.961 bits per heavy atom. The van der Waals surface area contributed by atoms with Gasteiger partial charge in [0.2, 0.25) is 0 Å². The van der Waals surface area contributed by atoms with Crippen LogP contribution in [0.5, 0.6) is 0 Å². The van der Waals surface area contributed by atoms with Crippen LogP contribution in [0.3, 0.4) is 0 Å². The van der Waals surface area contributed by atoms with E-state index in [2.05, 4.69) is 9.05 Å². The molecular formula is C34H39F34NO6P+. The molecule has 0 amide bonds. The third-order valence-corrected chi connectivity index (χ3v) is 11.1. The first kappa shape index (κ1) is 73.6. The zero-order valence-electron chi connectivity index (χ0n) is 37.7. The molecule has 0 aromatic heterocycles. The number of rotatable bonds is 34. The van der Waals surface area contributed by atoms with E-state index in [-0.39, 0.29) is 11.0 Å². The van der Waals surface area contributed by atoms with Gasteiger partial charge in [-0.05, 0) is 25.7 Å². The van der Waals surface area contributed by atoms with E-state index in [0.717, 1.165) is 0 Å². The summed E-state index contributed by atoms with van der Waals surface area (Å²) in [5, 5.41) is 0. The maximum absolute atomic E-state index is 14.3. The SMILES string of the molecule is C[N+](C)(C)CCOP(=O)(O)OCC(COCCCCCC(F)(F)C(F)(F)C(F)(F)C(F)(F)C(F)(F)C(F)(F)C(F)(F)C(F)(F)F)OCCCCCC(F)(F)C(F)(F)C(F)(F)C(F)(F)C(F)(F)C(F)(F)C(F)(F)C(F)(F)F. The molecule has 76 heavy (non-hydrogen) atoms. The molecule has 0 aromatic rings. The number of likely N-dealkylation sites (N-methyl/N-ethyl adjacent to an activating group) is 1. The summed E-state index contributed by atoms with van der Waals surface area (Å²) in [4.78, 5) is 9.90. The largest absolute Gasteiger partial charge is 0.472 e. The second-order valence-corrected chi connectivity index (χ2v) is 18.6. The van der Waals surface area contributed by atoms with Gasteiger partial charge in [-0.3, -0.25) is 9.05 Å². The van der Waals surface area contributed by atoms with Crippen molar-refractivity contribution >= 4 is 7.82 Å². The molecule has 0 aromatic carbocycles. The van der Waals surface area contributed by atoms with Crippen molar-refractivity contribution in [2.24, 2.45) is 0 Å². The highest BCUT2D eigenvalue weighted by molar-refractivity contribution is 7.47. The zero-order valence-corrected chi connectivity index (χ0v) is 38.6. The first-order valence-corrected chi connectivity index (χ1v) is 21.5. The highest BCUT2D eigenvalue weighted by atomic mass is 31.2. The number of unbranched alkanes of at least 4 members (excludes halogenated alkanes) is 4. The molecule has 458 valence electrons. The molecule has 0 aliphatic heterocycles. The minimum absolute atomic E-state index is 0.00544. The molecule has 0 radical (unpaired) electrons. The minimum atomic E-state index is -8.86. The van der Waals surface area contributed by atoms with Gasteiger partial charge in [0.1, 0.15) is 19.3 Å². The Labute approximate surface area is 403 Å². The smallest absolute Gasteiger partial charge is 0.379 e. The molecule has 0 saturated carbocycles. The summed E-state index contributed by atoms with van der Waals surface area (Å²) >= 11 is 0. The monoisotopic (exact) mass is 1230 g/mol. The first-order valence-electron chi connectivity index (χ1n) is 20.0. The van der Waals surface area contributed by atoms with Gasteiger partial charge < -0.3 is 18.9 Å². The van der Waals surface area contributed by atoms with E-state index < -0.39 is 194 Å². The molecule has 1 N–H and O–H groups in total. The Hall–Kier alpha value is -2.39. The second-order valence-electron chi connectivity index (χ2n) is 17.1. The van der Waals surface area contributed by atoms with Gasteiger partial charge in [0.05, 0.1) is 34.4 Å². The number of nitrogens with zero attached hydrogens (tertiary/aromatic N) is 1. The van der Waals surface area contributed by atoms with Crippen LogP contribution in [0.4, 0.5) is 149 Å². The van der Waals surface area contributed by atoms with Gasteiger partial charge in [-0.2, -0.15) is 149 Å². The quantitative estimate of drug-likeness (QED) is 0.0300. The summed E-state index contributed by atoms with van der Waals surface area (Å²) < 4.78 is 491. The van der Waals surface area contributed by atoms with E-state index in [4.69, 9.17) is 9.47 Å². The van der Waals surface area contributed by atoms with Crippen LogP contribution in [0.25, 0.3) is 0 Å². The summed E-state index contributed by atoms with van der Waals surface area (Å²) in [7, 11) is -0.442. The van der Waals surface area contributed by atoms with Gasteiger partial charge in [0, 0.05) is 26.1 Å². The number of halogens is 34. The number of phosphoric ester groups is 1. The van der Waals surface area contributed by atoms with Crippen molar-refractivity contribution in [3.8, 4) is 0 Å². The third kappa shape index (κ3) is 14.2. The Bertz CT molecular complexity index is 1900. The summed E-state index contributed by atoms with van der Waals surface area (Å²) in [5.74, 6) is -116. The van der Waals surface area contributed by atoms with Crippen LogP contribution in [0.2, 0.25) is 0 Å². The van der Waals surface area contributed by atoms with Gasteiger partial charge in [-0.1, -0.05) is 12.8 Å². The highest BCUT2D eigenvalue weighted by Gasteiger charge is 2.97. The topological polar surface area (TPSA) is 74.2 Å². The number of alkyl halides is 34. The lowest BCUT2D eigenvalue weighted by atomic mass is 9.88. The molecule has 42 heteroatoms. The molecule has 0 aliphatic carbocycles. The number of hydrogen-bond donors (Lipinski definition) is 1. The fraction of sp³-hybridized carbons (Fsp3) is 1.00. The average molecular weight is 1230 g/mol. The summed E-state index contributed by atoms with van der Waals surface area (Å²) in [5.41, 5.74) is 0. The summed E-state index contributed by atoms with van der Waals surface area (Å²) in [6, 6.07) is 0. The van der Waals surface area contributed by atoms with Crippen LogP contribution in [0.1, 0.15) is 51.4 Å². The van der Waals surface area contributed by atoms with E-state index >= 15 is 0 Å². The lowest BCUT2D eigenvalue weighted by Gasteiger charge is -2.42. The Balaban J connectivity index is 5.97. The molecule has 0 saturated heterocycles. The maximum Gasteiger partial charge on any atom is 0.472 e. The van der Waals surface area contributed by atoms with Gasteiger partial charge in [-0.15, -0.1) is 0 Å². The lowest BCUT2D eigenvalue weighted by molar-refractivity contribution is -0.870. The fourth-order valence-electron chi connectivity index (χ4n) is 5.31. The van der Waals surface area contributed by atoms with Crippen LogP contribution >= 0.6 is 7.82 Å². The van der Waals surface area contributed by atoms with Crippen LogP contribution < -0.4 is 0 Å². The summed E-state index contributed by atoms with van der Waals surface area (Å²) in [6.45, 7) is -4.55. The van der Waals surface area contributed by atoms with E-state index in [1.807, 2.05) is 0 Å². The van der Waals surface area contributed by atoms with E-state index in [0.29, 0.717) is 0 Å². The Morgan fingerprint density at radius 1 is 0.368 bits per heavy atom. The number of ether oxygens (including phenoxy) is 2. The molecule has 0 heterocycles. The molecule has 7 nitrogen and oxygen atoms in total. The number of quaternary nitrogens is 1. The van der Waals surface area contributed by atoms with E-state index in [1.54, 1.807) is 21.1 Å². The third-order valence-electron chi connectivity index (χ3n) is 10.1. The van der Waals surface area contributed by atoms with Gasteiger partial charge in [0.15, 0.2) is 0 Å². The normalized spacial score (nSPS) is 17.1. The standard InChI is InChI=1S/C34H38F34NO6P/c1-69(2,3)12-15-74-76(70,71)75-17-18(73-14-9-5-7-11-20(37,38)22(41,42)24(45,46)26(49,50)28(53,54)30(57,58)32(61,62)34(66,67)68)16-72-13-8-4-6-10-19(35,36)21(39,40)23(43,44)25(47,48)27(51,52)29(55,56)31(59,60)33(63,64)65/h18H,4-17H2,1-3H3/p+1. The van der Waals surface area contributed by atoms with Crippen molar-refractivity contribution in [2.75, 3.05) is 60.7 Å². The van der Waals surface area contributed by atoms with Crippen molar-refractivity contribution in [3.05, 3.63) is 0 Å². The van der Waals surface area contributed by atoms with Crippen LogP contribution in [-0.2, 0) is 23.1 Å². The van der Waals surface area contributed by atoms with Crippen molar-refractivity contribution in [3.63, 3.8) is 0 Å². The Kier molecular flexibility index (Phi) is 22.5. The van der Waals surface area contributed by atoms with Crippen molar-refractivity contribution < 1.29 is 182 Å². The average Bonchev–Trinajstić information content (AvgIpc) is 3.20. The minimum Gasteiger partial charge on any atom is -0.379 e. The summed E-state index contributed by atoms with van der Waals surface area (Å²) in [6.07, 6.45) is -30.2. The molecular weight excluding hydrogens is 1200 g/mol. The van der Waals surface area contributed by atoms with Crippen LogP contribution in [0.15, 0.2) is 0 Å². The molecule has 2 atom stereocenters. The molecule has 2 unspecified atom stereocenters. The number of phosphoric acid groups is 1. The van der Waals surface area contributed by atoms with Crippen molar-refractivity contribution in [1.29, 1.82) is 0 Å². The van der Waals surface area contributed by atoms with E-state index in [9.17, 15) is 159 Å². The molecule has 0 rings (SSSR count). The molecule has 0 bridgehead atoms. The predicted octanol–water partition coefficient (Wildman–Crippen LogP) is 14.4. The van der Waals surface area contributed by atoms with Crippen molar-refractivity contribution in [1.82, 2.24) is 0 Å². The van der Waals surface area contributed by atoms with Crippen LogP contribution in [0, 0.1) is 0 Å². The van der Waals surface area contributed by atoms with Crippen molar-refractivity contribution in [2.45, 2.75) is 153 Å². The fourth-order valence-corrected chi connectivity index (χ4v) is 6.06. The predicted molar refractivity (Wildman–Crippen MR) is 183 cm³/mol. The first-order chi connectivity index (χ1) is 33.0. The molecule has 0 fully saturated rings. The van der Waals surface area contributed by atoms with Gasteiger partial charge in [-0.25, -0.2) is 4.57 Å². The molecule has 0 spiro atoms. The van der Waals surface area contributed by atoms with Gasteiger partial charge >= 0.3 is 103 Å². The zero-order chi connectivity index (χ0) is 61.3. The van der Waals surface area contributed by atoms with E-state index in [1.165, 1.54) is 0 Å². The lowest BCUT2D eigenvalue weighted by Crippen LogP contribution is -2.74. The second kappa shape index (κ2) is 23.2. The molecule has 0 aliphatic rings. The van der Waals surface area contributed by atoms with Gasteiger partial charge in [0.25, 0.3) is 0 Å². The van der Waals surface area contributed by atoms with Crippen LogP contribution in [-0.4, -0.2) is 171 Å². The highest BCUT2D eigenvalue weighted by Crippen LogP contribution is 2.66. The Morgan fingerprint density at radius 2 is 0.658 bits per heavy atom. The maximum atomic E-state index is 14.3. The number of hydrogen-bond acceptors (Lipinski definition) is 5.